The van der Waals surface area contributed by atoms with E-state index in [4.69, 9.17) is 5.73 Å². The Morgan fingerprint density at radius 1 is 1.41 bits per heavy atom. The summed E-state index contributed by atoms with van der Waals surface area (Å²) in [5.74, 6) is 0. The molecule has 2 aromatic rings. The SMILES string of the molecule is CCc1nn(C)cc1-n1cncc1[C@H](N)CC. The van der Waals surface area contributed by atoms with Crippen molar-refractivity contribution < 1.29 is 0 Å². The van der Waals surface area contributed by atoms with E-state index in [1.54, 1.807) is 6.33 Å². The Morgan fingerprint density at radius 2 is 2.18 bits per heavy atom. The van der Waals surface area contributed by atoms with Crippen LogP contribution in [0.25, 0.3) is 5.69 Å². The summed E-state index contributed by atoms with van der Waals surface area (Å²) < 4.78 is 3.87. The van der Waals surface area contributed by atoms with Gasteiger partial charge in [-0.1, -0.05) is 13.8 Å². The van der Waals surface area contributed by atoms with Crippen molar-refractivity contribution in [2.24, 2.45) is 12.8 Å². The van der Waals surface area contributed by atoms with Crippen LogP contribution in [0.3, 0.4) is 0 Å². The van der Waals surface area contributed by atoms with Gasteiger partial charge in [0.25, 0.3) is 0 Å². The van der Waals surface area contributed by atoms with Crippen molar-refractivity contribution in [1.29, 1.82) is 0 Å². The van der Waals surface area contributed by atoms with Crippen molar-refractivity contribution in [1.82, 2.24) is 19.3 Å². The number of nitrogens with two attached hydrogens (primary N) is 1. The van der Waals surface area contributed by atoms with Crippen LogP contribution in [0.4, 0.5) is 0 Å². The third-order valence-corrected chi connectivity index (χ3v) is 2.96. The van der Waals surface area contributed by atoms with Crippen LogP contribution in [0, 0.1) is 0 Å². The molecule has 0 saturated heterocycles. The number of imidazole rings is 1. The zero-order valence-corrected chi connectivity index (χ0v) is 10.6. The summed E-state index contributed by atoms with van der Waals surface area (Å²) in [6.45, 7) is 4.17. The van der Waals surface area contributed by atoms with E-state index in [0.29, 0.717) is 0 Å². The van der Waals surface area contributed by atoms with Crippen molar-refractivity contribution in [3.63, 3.8) is 0 Å². The van der Waals surface area contributed by atoms with Gasteiger partial charge >= 0.3 is 0 Å². The quantitative estimate of drug-likeness (QED) is 0.872. The van der Waals surface area contributed by atoms with Crippen molar-refractivity contribution >= 4 is 0 Å². The maximum absolute atomic E-state index is 6.09. The lowest BCUT2D eigenvalue weighted by molar-refractivity contribution is 0.658. The summed E-state index contributed by atoms with van der Waals surface area (Å²) >= 11 is 0. The second-order valence-electron chi connectivity index (χ2n) is 4.19. The first-order valence-electron chi connectivity index (χ1n) is 5.98. The first-order chi connectivity index (χ1) is 8.17. The minimum absolute atomic E-state index is 0.0161. The van der Waals surface area contributed by atoms with Crippen molar-refractivity contribution in [2.45, 2.75) is 32.7 Å². The topological polar surface area (TPSA) is 61.7 Å². The molecule has 2 N–H and O–H groups in total. The molecule has 2 aromatic heterocycles. The van der Waals surface area contributed by atoms with Crippen LogP contribution in [0.5, 0.6) is 0 Å². The smallest absolute Gasteiger partial charge is 0.0995 e. The van der Waals surface area contributed by atoms with E-state index in [1.807, 2.05) is 28.7 Å². The van der Waals surface area contributed by atoms with E-state index in [9.17, 15) is 0 Å². The molecular weight excluding hydrogens is 214 g/mol. The fourth-order valence-corrected chi connectivity index (χ4v) is 1.97. The predicted molar refractivity (Wildman–Crippen MR) is 66.9 cm³/mol. The Bertz CT molecular complexity index is 497. The molecule has 0 fully saturated rings. The van der Waals surface area contributed by atoms with Gasteiger partial charge < -0.3 is 5.73 Å². The molecule has 5 nitrogen and oxygen atoms in total. The lowest BCUT2D eigenvalue weighted by Gasteiger charge is -2.12. The van der Waals surface area contributed by atoms with Gasteiger partial charge in [0.05, 0.1) is 29.6 Å². The molecule has 2 heterocycles. The minimum Gasteiger partial charge on any atom is -0.323 e. The normalized spacial score (nSPS) is 12.9. The predicted octanol–water partition coefficient (Wildman–Crippen LogP) is 1.58. The van der Waals surface area contributed by atoms with Crippen LogP contribution >= 0.6 is 0 Å². The first-order valence-corrected chi connectivity index (χ1v) is 5.98. The maximum Gasteiger partial charge on any atom is 0.0995 e. The monoisotopic (exact) mass is 233 g/mol. The third-order valence-electron chi connectivity index (χ3n) is 2.96. The molecule has 0 aliphatic carbocycles. The number of rotatable bonds is 4. The Kier molecular flexibility index (Phi) is 3.28. The highest BCUT2D eigenvalue weighted by atomic mass is 15.3. The molecule has 0 aliphatic rings. The number of aromatic nitrogens is 4. The lowest BCUT2D eigenvalue weighted by Crippen LogP contribution is -2.13. The highest BCUT2D eigenvalue weighted by Gasteiger charge is 2.15. The highest BCUT2D eigenvalue weighted by molar-refractivity contribution is 5.37. The zero-order chi connectivity index (χ0) is 12.4. The fourth-order valence-electron chi connectivity index (χ4n) is 1.97. The van der Waals surface area contributed by atoms with Gasteiger partial charge in [0.15, 0.2) is 0 Å². The number of hydrogen-bond acceptors (Lipinski definition) is 3. The summed E-state index contributed by atoms with van der Waals surface area (Å²) in [6, 6.07) is 0.0161. The zero-order valence-electron chi connectivity index (χ0n) is 10.6. The average Bonchev–Trinajstić information content (AvgIpc) is 2.93. The molecule has 2 rings (SSSR count). The van der Waals surface area contributed by atoms with Crippen LogP contribution in [-0.2, 0) is 13.5 Å². The Morgan fingerprint density at radius 3 is 2.82 bits per heavy atom. The van der Waals surface area contributed by atoms with Gasteiger partial charge in [-0.05, 0) is 12.8 Å². The average molecular weight is 233 g/mol. The summed E-state index contributed by atoms with van der Waals surface area (Å²) in [4.78, 5) is 4.20. The number of hydrogen-bond donors (Lipinski definition) is 1. The summed E-state index contributed by atoms with van der Waals surface area (Å²) in [7, 11) is 1.93. The van der Waals surface area contributed by atoms with Crippen LogP contribution in [-0.4, -0.2) is 19.3 Å². The summed E-state index contributed by atoms with van der Waals surface area (Å²) in [5, 5.41) is 4.44. The molecule has 92 valence electrons. The Balaban J connectivity index is 2.49. The van der Waals surface area contributed by atoms with E-state index < -0.39 is 0 Å². The third kappa shape index (κ3) is 2.10. The first kappa shape index (κ1) is 11.9. The van der Waals surface area contributed by atoms with Gasteiger partial charge in [0.2, 0.25) is 0 Å². The van der Waals surface area contributed by atoms with Crippen LogP contribution in [0.1, 0.15) is 37.7 Å². The van der Waals surface area contributed by atoms with Gasteiger partial charge in [0.1, 0.15) is 0 Å². The van der Waals surface area contributed by atoms with E-state index in [0.717, 1.165) is 29.9 Å². The van der Waals surface area contributed by atoms with Crippen LogP contribution in [0.15, 0.2) is 18.7 Å². The van der Waals surface area contributed by atoms with E-state index in [1.165, 1.54) is 0 Å². The molecule has 0 saturated carbocycles. The molecule has 0 radical (unpaired) electrons. The molecule has 1 atom stereocenters. The highest BCUT2D eigenvalue weighted by Crippen LogP contribution is 2.20. The van der Waals surface area contributed by atoms with Crippen LogP contribution in [0.2, 0.25) is 0 Å². The van der Waals surface area contributed by atoms with Gasteiger partial charge in [-0.25, -0.2) is 4.98 Å². The number of aryl methyl sites for hydroxylation is 2. The second kappa shape index (κ2) is 4.71. The fraction of sp³-hybridized carbons (Fsp3) is 0.500. The largest absolute Gasteiger partial charge is 0.323 e. The maximum atomic E-state index is 6.09. The minimum atomic E-state index is 0.0161. The number of nitrogens with zero attached hydrogens (tertiary/aromatic N) is 4. The summed E-state index contributed by atoms with van der Waals surface area (Å²) in [5.41, 5.74) is 9.26. The van der Waals surface area contributed by atoms with E-state index in [-0.39, 0.29) is 6.04 Å². The molecule has 5 heteroatoms. The second-order valence-corrected chi connectivity index (χ2v) is 4.19. The molecule has 0 aromatic carbocycles. The van der Waals surface area contributed by atoms with Gasteiger partial charge in [-0.3, -0.25) is 9.25 Å². The van der Waals surface area contributed by atoms with Crippen molar-refractivity contribution in [3.05, 3.63) is 30.1 Å². The van der Waals surface area contributed by atoms with Crippen molar-refractivity contribution in [3.8, 4) is 5.69 Å². The van der Waals surface area contributed by atoms with Crippen LogP contribution < -0.4 is 5.73 Å². The van der Waals surface area contributed by atoms with Crippen molar-refractivity contribution in [2.75, 3.05) is 0 Å². The Labute approximate surface area is 101 Å². The lowest BCUT2D eigenvalue weighted by atomic mass is 10.2. The van der Waals surface area contributed by atoms with E-state index >= 15 is 0 Å². The Hall–Kier alpha value is -1.62. The van der Waals surface area contributed by atoms with Gasteiger partial charge in [0, 0.05) is 19.3 Å². The molecule has 0 unspecified atom stereocenters. The molecular formula is C12H19N5. The molecule has 0 spiro atoms. The van der Waals surface area contributed by atoms with Gasteiger partial charge in [-0.15, -0.1) is 0 Å². The molecule has 0 bridgehead atoms. The molecule has 0 aliphatic heterocycles. The molecule has 17 heavy (non-hydrogen) atoms. The van der Waals surface area contributed by atoms with E-state index in [2.05, 4.69) is 23.9 Å². The standard InChI is InChI=1S/C12H19N5/c1-4-9(13)11-6-14-8-17(11)12-7-16(3)15-10(12)5-2/h6-9H,4-5,13H2,1-3H3/t9-/m1/s1. The van der Waals surface area contributed by atoms with Gasteiger partial charge in [-0.2, -0.15) is 5.10 Å². The molecule has 0 amide bonds. The summed E-state index contributed by atoms with van der Waals surface area (Å²) in [6.07, 6.45) is 7.44.